The molecule has 2 fully saturated rings. The summed E-state index contributed by atoms with van der Waals surface area (Å²) in [6.07, 6.45) is 1.26. The number of hydrogen-bond acceptors (Lipinski definition) is 5. The Balaban J connectivity index is 1.53. The van der Waals surface area contributed by atoms with Gasteiger partial charge in [0, 0.05) is 50.4 Å². The van der Waals surface area contributed by atoms with Gasteiger partial charge in [-0.1, -0.05) is 36.4 Å². The fourth-order valence-corrected chi connectivity index (χ4v) is 7.23. The Labute approximate surface area is 200 Å². The predicted octanol–water partition coefficient (Wildman–Crippen LogP) is 2.91. The van der Waals surface area contributed by atoms with Crippen LogP contribution in [0.1, 0.15) is 43.1 Å². The minimum Gasteiger partial charge on any atom is -0.394 e. The molecule has 1 N–H and O–H groups in total. The molecule has 1 unspecified atom stereocenters. The molecule has 4 rings (SSSR count). The van der Waals surface area contributed by atoms with Gasteiger partial charge in [0.1, 0.15) is 11.1 Å². The van der Waals surface area contributed by atoms with Crippen LogP contribution in [0.5, 0.6) is 0 Å². The van der Waals surface area contributed by atoms with E-state index in [1.807, 2.05) is 42.2 Å². The van der Waals surface area contributed by atoms with E-state index in [0.29, 0.717) is 43.7 Å². The molecule has 184 valence electrons. The van der Waals surface area contributed by atoms with Crippen molar-refractivity contribution in [1.29, 1.82) is 0 Å². The second kappa shape index (κ2) is 10.0. The van der Waals surface area contributed by atoms with Crippen LogP contribution in [0.4, 0.5) is 10.1 Å². The predicted molar refractivity (Wildman–Crippen MR) is 129 cm³/mol. The molecule has 0 aliphatic carbocycles. The van der Waals surface area contributed by atoms with Gasteiger partial charge in [0.2, 0.25) is 15.9 Å². The Morgan fingerprint density at radius 3 is 2.50 bits per heavy atom. The molecule has 0 saturated carbocycles. The molecule has 0 radical (unpaired) electrons. The van der Waals surface area contributed by atoms with E-state index in [1.54, 1.807) is 17.0 Å². The van der Waals surface area contributed by atoms with Gasteiger partial charge in [0.25, 0.3) is 0 Å². The van der Waals surface area contributed by atoms with Crippen LogP contribution in [0.15, 0.2) is 48.5 Å². The molecule has 2 saturated heterocycles. The molecule has 2 aromatic carbocycles. The van der Waals surface area contributed by atoms with Gasteiger partial charge < -0.3 is 14.9 Å². The molecular weight excluding hydrogens is 457 g/mol. The van der Waals surface area contributed by atoms with Crippen LogP contribution < -0.4 is 4.90 Å². The molecule has 0 spiro atoms. The van der Waals surface area contributed by atoms with Gasteiger partial charge in [-0.15, -0.1) is 0 Å². The molecular formula is C25H32FN3O4S. The van der Waals surface area contributed by atoms with E-state index in [4.69, 9.17) is 0 Å². The molecule has 3 atom stereocenters. The Morgan fingerprint density at radius 1 is 1.12 bits per heavy atom. The summed E-state index contributed by atoms with van der Waals surface area (Å²) in [5.41, 5.74) is 1.74. The lowest BCUT2D eigenvalue weighted by atomic mass is 10.0. The Kier molecular flexibility index (Phi) is 7.25. The number of aliphatic hydroxyl groups is 1. The normalized spacial score (nSPS) is 25.4. The third kappa shape index (κ3) is 4.82. The van der Waals surface area contributed by atoms with Crippen LogP contribution in [0.3, 0.4) is 0 Å². The quantitative estimate of drug-likeness (QED) is 0.699. The zero-order chi connectivity index (χ0) is 24.5. The number of nitrogens with zero attached hydrogens (tertiary/aromatic N) is 3. The summed E-state index contributed by atoms with van der Waals surface area (Å²) < 4.78 is 43.5. The Morgan fingerprint density at radius 2 is 1.85 bits per heavy atom. The number of sulfonamides is 1. The summed E-state index contributed by atoms with van der Waals surface area (Å²) in [7, 11) is -3.65. The molecule has 2 aliphatic rings. The number of piperazine rings is 1. The maximum absolute atomic E-state index is 15.2. The summed E-state index contributed by atoms with van der Waals surface area (Å²) in [4.78, 5) is 15.3. The lowest BCUT2D eigenvalue weighted by Gasteiger charge is -2.41. The second-order valence-electron chi connectivity index (χ2n) is 9.19. The number of carbonyl (C=O) groups excluding carboxylic acids is 1. The number of carbonyl (C=O) groups is 1. The summed E-state index contributed by atoms with van der Waals surface area (Å²) in [6.45, 7) is 4.56. The van der Waals surface area contributed by atoms with E-state index >= 15 is 4.39 Å². The standard InChI is InChI=1S/C25H32FN3O4S/c1-18-8-11-25(20-6-4-3-5-7-20)34(32,33)29(18)15-21-9-10-22(14-24(21)26)27-12-13-28(19(2)31)23(16-27)17-30/h3-7,9-10,14,18,23,25,30H,8,11-13,15-17H2,1-2H3/t18-,23+,25?/m0/s1. The SMILES string of the molecule is CC(=O)N1CCN(c2ccc(CN3[C@@H](C)CCC(c4ccccc4)S3(=O)=O)c(F)c2)C[C@@H]1CO. The smallest absolute Gasteiger partial charge is 0.221 e. The van der Waals surface area contributed by atoms with Crippen molar-refractivity contribution in [2.45, 2.75) is 50.6 Å². The van der Waals surface area contributed by atoms with Gasteiger partial charge in [0.15, 0.2) is 0 Å². The fourth-order valence-electron chi connectivity index (χ4n) is 5.04. The lowest BCUT2D eigenvalue weighted by Crippen LogP contribution is -2.56. The van der Waals surface area contributed by atoms with Crippen molar-refractivity contribution < 1.29 is 22.7 Å². The van der Waals surface area contributed by atoms with Crippen molar-refractivity contribution in [2.75, 3.05) is 31.1 Å². The monoisotopic (exact) mass is 489 g/mol. The first-order chi connectivity index (χ1) is 16.2. The molecule has 9 heteroatoms. The Hall–Kier alpha value is -2.49. The van der Waals surface area contributed by atoms with E-state index in [0.717, 1.165) is 5.56 Å². The molecule has 0 bridgehead atoms. The number of anilines is 1. The number of halogens is 1. The maximum Gasteiger partial charge on any atom is 0.221 e. The fraction of sp³-hybridized carbons (Fsp3) is 0.480. The van der Waals surface area contributed by atoms with Gasteiger partial charge >= 0.3 is 0 Å². The first-order valence-electron chi connectivity index (χ1n) is 11.7. The van der Waals surface area contributed by atoms with E-state index in [2.05, 4.69) is 0 Å². The molecule has 2 aromatic rings. The number of aliphatic hydroxyl groups excluding tert-OH is 1. The van der Waals surface area contributed by atoms with Gasteiger partial charge in [-0.05, 0) is 37.5 Å². The van der Waals surface area contributed by atoms with Gasteiger partial charge in [-0.2, -0.15) is 4.31 Å². The zero-order valence-corrected chi connectivity index (χ0v) is 20.4. The van der Waals surface area contributed by atoms with E-state index in [-0.39, 0.29) is 31.1 Å². The average Bonchev–Trinajstić information content (AvgIpc) is 2.82. The third-order valence-corrected chi connectivity index (χ3v) is 9.39. The van der Waals surface area contributed by atoms with Gasteiger partial charge in [-0.25, -0.2) is 12.8 Å². The highest BCUT2D eigenvalue weighted by molar-refractivity contribution is 7.89. The van der Waals surface area contributed by atoms with Crippen LogP contribution in [-0.4, -0.2) is 67.0 Å². The average molecular weight is 490 g/mol. The van der Waals surface area contributed by atoms with Crippen LogP contribution in [-0.2, 0) is 21.4 Å². The van der Waals surface area contributed by atoms with E-state index in [9.17, 15) is 18.3 Å². The lowest BCUT2D eigenvalue weighted by molar-refractivity contribution is -0.132. The molecule has 1 amide bonds. The number of amides is 1. The largest absolute Gasteiger partial charge is 0.394 e. The molecule has 2 heterocycles. The number of rotatable bonds is 5. The minimum absolute atomic E-state index is 0.0175. The van der Waals surface area contributed by atoms with Crippen molar-refractivity contribution in [3.63, 3.8) is 0 Å². The molecule has 34 heavy (non-hydrogen) atoms. The first kappa shape index (κ1) is 24.6. The summed E-state index contributed by atoms with van der Waals surface area (Å²) >= 11 is 0. The zero-order valence-electron chi connectivity index (χ0n) is 19.6. The van der Waals surface area contributed by atoms with Crippen molar-refractivity contribution in [3.05, 3.63) is 65.5 Å². The minimum atomic E-state index is -3.65. The number of hydrogen-bond donors (Lipinski definition) is 1. The van der Waals surface area contributed by atoms with E-state index in [1.165, 1.54) is 17.3 Å². The van der Waals surface area contributed by atoms with Gasteiger partial charge in [-0.3, -0.25) is 4.79 Å². The van der Waals surface area contributed by atoms with Gasteiger partial charge in [0.05, 0.1) is 12.6 Å². The highest BCUT2D eigenvalue weighted by Gasteiger charge is 2.40. The van der Waals surface area contributed by atoms with Crippen LogP contribution in [0.2, 0.25) is 0 Å². The highest BCUT2D eigenvalue weighted by Crippen LogP contribution is 2.38. The third-order valence-electron chi connectivity index (χ3n) is 7.02. The molecule has 2 aliphatic heterocycles. The van der Waals surface area contributed by atoms with Crippen LogP contribution in [0, 0.1) is 5.82 Å². The van der Waals surface area contributed by atoms with Crippen LogP contribution in [0.25, 0.3) is 0 Å². The summed E-state index contributed by atoms with van der Waals surface area (Å²) in [5.74, 6) is -0.554. The van der Waals surface area contributed by atoms with Crippen molar-refractivity contribution in [1.82, 2.24) is 9.21 Å². The summed E-state index contributed by atoms with van der Waals surface area (Å²) in [6, 6.07) is 13.5. The molecule has 7 nitrogen and oxygen atoms in total. The maximum atomic E-state index is 15.2. The van der Waals surface area contributed by atoms with E-state index < -0.39 is 21.1 Å². The van der Waals surface area contributed by atoms with Crippen LogP contribution >= 0.6 is 0 Å². The second-order valence-corrected chi connectivity index (χ2v) is 11.3. The Bertz CT molecular complexity index is 1130. The highest BCUT2D eigenvalue weighted by atomic mass is 32.2. The van der Waals surface area contributed by atoms with Crippen molar-refractivity contribution in [2.24, 2.45) is 0 Å². The summed E-state index contributed by atoms with van der Waals surface area (Å²) in [5, 5.41) is 9.05. The number of benzene rings is 2. The first-order valence-corrected chi connectivity index (χ1v) is 13.2. The topological polar surface area (TPSA) is 81.2 Å². The molecule has 0 aromatic heterocycles. The van der Waals surface area contributed by atoms with Crippen molar-refractivity contribution >= 4 is 21.6 Å². The van der Waals surface area contributed by atoms with Crippen molar-refractivity contribution in [3.8, 4) is 0 Å².